The Morgan fingerprint density at radius 2 is 2.22 bits per heavy atom. The summed E-state index contributed by atoms with van der Waals surface area (Å²) in [7, 11) is 0. The molecule has 0 fully saturated rings. The summed E-state index contributed by atoms with van der Waals surface area (Å²) < 4.78 is 1.21. The summed E-state index contributed by atoms with van der Waals surface area (Å²) in [6.45, 7) is 4.49. The molecule has 1 aliphatic rings. The van der Waals surface area contributed by atoms with E-state index in [1.165, 1.54) is 22.7 Å². The van der Waals surface area contributed by atoms with E-state index < -0.39 is 0 Å². The minimum absolute atomic E-state index is 0.0172. The van der Waals surface area contributed by atoms with Crippen LogP contribution in [0.1, 0.15) is 38.8 Å². The van der Waals surface area contributed by atoms with Gasteiger partial charge in [0, 0.05) is 6.07 Å². The number of carbonyl (C=O) groups is 1. The average Bonchev–Trinajstić information content (AvgIpc) is 2.31. The first-order valence-electron chi connectivity index (χ1n) is 6.23. The van der Waals surface area contributed by atoms with Crippen LogP contribution in [0.15, 0.2) is 23.0 Å². The number of aldehydes is 1. The highest BCUT2D eigenvalue weighted by Gasteiger charge is 2.24. The number of hydrogen-bond donors (Lipinski definition) is 0. The van der Waals surface area contributed by atoms with E-state index in [4.69, 9.17) is 0 Å². The Balaban J connectivity index is 2.34. The lowest BCUT2D eigenvalue weighted by molar-refractivity contribution is -0.108. The van der Waals surface area contributed by atoms with Gasteiger partial charge in [-0.1, -0.05) is 19.9 Å². The van der Waals surface area contributed by atoms with Gasteiger partial charge in [0.25, 0.3) is 5.56 Å². The number of allylic oxidation sites excluding steroid dienone is 2. The van der Waals surface area contributed by atoms with E-state index in [0.717, 1.165) is 18.5 Å². The highest BCUT2D eigenvalue weighted by molar-refractivity contribution is 5.63. The zero-order valence-corrected chi connectivity index (χ0v) is 10.8. The third-order valence-electron chi connectivity index (χ3n) is 3.32. The van der Waals surface area contributed by atoms with Gasteiger partial charge in [0.05, 0.1) is 5.69 Å². The number of carbonyl (C=O) groups excluding carboxylic acids is 1. The Bertz CT molecular complexity index is 541. The van der Waals surface area contributed by atoms with Gasteiger partial charge in [-0.25, -0.2) is 4.68 Å². The zero-order valence-electron chi connectivity index (χ0n) is 10.8. The van der Waals surface area contributed by atoms with Crippen molar-refractivity contribution in [2.45, 2.75) is 39.7 Å². The Morgan fingerprint density at radius 3 is 2.89 bits per heavy atom. The van der Waals surface area contributed by atoms with Gasteiger partial charge in [0.2, 0.25) is 0 Å². The van der Waals surface area contributed by atoms with E-state index in [1.807, 2.05) is 0 Å². The van der Waals surface area contributed by atoms with Crippen molar-refractivity contribution in [3.8, 4) is 0 Å². The molecule has 4 heteroatoms. The lowest BCUT2D eigenvalue weighted by atomic mass is 9.76. The zero-order chi connectivity index (χ0) is 13.2. The normalized spacial score (nSPS) is 18.2. The van der Waals surface area contributed by atoms with Gasteiger partial charge in [0.15, 0.2) is 0 Å². The molecule has 0 saturated heterocycles. The van der Waals surface area contributed by atoms with Crippen LogP contribution in [0.4, 0.5) is 0 Å². The molecule has 0 N–H and O–H groups in total. The second-order valence-corrected chi connectivity index (χ2v) is 5.51. The second kappa shape index (κ2) is 4.88. The van der Waals surface area contributed by atoms with E-state index >= 15 is 0 Å². The summed E-state index contributed by atoms with van der Waals surface area (Å²) in [5.74, 6) is 0. The Hall–Kier alpha value is -1.71. The molecule has 0 atom stereocenters. The first-order chi connectivity index (χ1) is 8.52. The van der Waals surface area contributed by atoms with Crippen molar-refractivity contribution in [1.29, 1.82) is 0 Å². The van der Waals surface area contributed by atoms with Crippen molar-refractivity contribution in [1.82, 2.24) is 9.78 Å². The first-order valence-corrected chi connectivity index (χ1v) is 6.23. The molecule has 0 aliphatic heterocycles. The highest BCUT2D eigenvalue weighted by Crippen LogP contribution is 2.38. The van der Waals surface area contributed by atoms with Crippen LogP contribution < -0.4 is 5.56 Å². The molecule has 0 amide bonds. The average molecular weight is 246 g/mol. The van der Waals surface area contributed by atoms with Crippen LogP contribution in [0.5, 0.6) is 0 Å². The van der Waals surface area contributed by atoms with Crippen LogP contribution in [0.25, 0.3) is 5.57 Å². The van der Waals surface area contributed by atoms with Crippen LogP contribution in [0.2, 0.25) is 0 Å². The van der Waals surface area contributed by atoms with Crippen LogP contribution in [0.3, 0.4) is 0 Å². The van der Waals surface area contributed by atoms with Gasteiger partial charge in [-0.15, -0.1) is 0 Å². The molecule has 0 spiro atoms. The van der Waals surface area contributed by atoms with Gasteiger partial charge in [-0.05, 0) is 36.3 Å². The van der Waals surface area contributed by atoms with Crippen molar-refractivity contribution >= 4 is 11.9 Å². The van der Waals surface area contributed by atoms with Gasteiger partial charge < -0.3 is 4.79 Å². The van der Waals surface area contributed by atoms with Crippen molar-refractivity contribution in [3.63, 3.8) is 0 Å². The topological polar surface area (TPSA) is 52.0 Å². The number of rotatable bonds is 3. The third-order valence-corrected chi connectivity index (χ3v) is 3.32. The van der Waals surface area contributed by atoms with Gasteiger partial charge in [0.1, 0.15) is 12.8 Å². The molecule has 1 aromatic heterocycles. The molecule has 18 heavy (non-hydrogen) atoms. The maximum absolute atomic E-state index is 11.5. The second-order valence-electron chi connectivity index (χ2n) is 5.51. The number of hydrogen-bond acceptors (Lipinski definition) is 3. The maximum Gasteiger partial charge on any atom is 0.267 e. The molecule has 0 radical (unpaired) electrons. The maximum atomic E-state index is 11.5. The molecule has 1 aromatic rings. The molecule has 2 rings (SSSR count). The van der Waals surface area contributed by atoms with E-state index in [-0.39, 0.29) is 17.5 Å². The summed E-state index contributed by atoms with van der Waals surface area (Å²) in [6, 6.07) is 3.23. The fourth-order valence-corrected chi connectivity index (χ4v) is 2.33. The standard InChI is InChI=1S/C14H18N2O2/c1-14(2)7-3-4-11(10-14)12-5-6-13(18)16(15-12)8-9-17/h4-6,9H,3,7-8,10H2,1-2H3. The van der Waals surface area contributed by atoms with Gasteiger partial charge in [-0.2, -0.15) is 5.10 Å². The van der Waals surface area contributed by atoms with Crippen molar-refractivity contribution < 1.29 is 4.79 Å². The third kappa shape index (κ3) is 2.75. The quantitative estimate of drug-likeness (QED) is 0.767. The monoisotopic (exact) mass is 246 g/mol. The summed E-state index contributed by atoms with van der Waals surface area (Å²) in [4.78, 5) is 22.0. The molecule has 0 saturated carbocycles. The fraction of sp³-hybridized carbons (Fsp3) is 0.500. The Labute approximate surface area is 106 Å². The van der Waals surface area contributed by atoms with E-state index in [9.17, 15) is 9.59 Å². The van der Waals surface area contributed by atoms with Crippen molar-refractivity contribution in [2.75, 3.05) is 0 Å². The molecule has 1 heterocycles. The van der Waals surface area contributed by atoms with Gasteiger partial charge in [-0.3, -0.25) is 4.79 Å². The molecule has 4 nitrogen and oxygen atoms in total. The first kappa shape index (κ1) is 12.7. The largest absolute Gasteiger partial charge is 0.301 e. The molecule has 0 bridgehead atoms. The molecule has 1 aliphatic carbocycles. The molecular weight excluding hydrogens is 228 g/mol. The summed E-state index contributed by atoms with van der Waals surface area (Å²) in [5, 5.41) is 4.26. The van der Waals surface area contributed by atoms with E-state index in [0.29, 0.717) is 6.29 Å². The van der Waals surface area contributed by atoms with Crippen LogP contribution in [0, 0.1) is 5.41 Å². The molecule has 0 aromatic carbocycles. The Kier molecular flexibility index (Phi) is 3.45. The predicted octanol–water partition coefficient (Wildman–Crippen LogP) is 2.04. The van der Waals surface area contributed by atoms with E-state index in [2.05, 4.69) is 25.0 Å². The SMILES string of the molecule is CC1(C)CCC=C(c2ccc(=O)n(CC=O)n2)C1. The summed E-state index contributed by atoms with van der Waals surface area (Å²) in [6.07, 6.45) is 6.04. The van der Waals surface area contributed by atoms with Gasteiger partial charge >= 0.3 is 0 Å². The fourth-order valence-electron chi connectivity index (χ4n) is 2.33. The van der Waals surface area contributed by atoms with Crippen molar-refractivity contribution in [2.24, 2.45) is 5.41 Å². The Morgan fingerprint density at radius 1 is 1.44 bits per heavy atom. The molecule has 0 unspecified atom stereocenters. The van der Waals surface area contributed by atoms with Crippen molar-refractivity contribution in [3.05, 3.63) is 34.3 Å². The smallest absolute Gasteiger partial charge is 0.267 e. The number of aromatic nitrogens is 2. The summed E-state index contributed by atoms with van der Waals surface area (Å²) >= 11 is 0. The summed E-state index contributed by atoms with van der Waals surface area (Å²) in [5.41, 5.74) is 2.02. The van der Waals surface area contributed by atoms with Crippen LogP contribution in [-0.2, 0) is 11.3 Å². The number of nitrogens with zero attached hydrogens (tertiary/aromatic N) is 2. The predicted molar refractivity (Wildman–Crippen MR) is 70.2 cm³/mol. The molecular formula is C14H18N2O2. The lowest BCUT2D eigenvalue weighted by Crippen LogP contribution is -2.24. The lowest BCUT2D eigenvalue weighted by Gasteiger charge is -2.29. The molecule has 96 valence electrons. The van der Waals surface area contributed by atoms with Crippen LogP contribution >= 0.6 is 0 Å². The van der Waals surface area contributed by atoms with E-state index in [1.54, 1.807) is 6.07 Å². The highest BCUT2D eigenvalue weighted by atomic mass is 16.1. The minimum Gasteiger partial charge on any atom is -0.301 e. The van der Waals surface area contributed by atoms with Crippen LogP contribution in [-0.4, -0.2) is 16.1 Å². The minimum atomic E-state index is -0.235.